The largest absolute Gasteiger partial charge is 0.392 e. The van der Waals surface area contributed by atoms with E-state index in [0.717, 1.165) is 11.8 Å². The van der Waals surface area contributed by atoms with E-state index in [2.05, 4.69) is 0 Å². The molecular formula is C14H22O2. The SMILES string of the molecule is CC1(C)C(O)C2C(C1O)C1CCC2C12CC2. The minimum absolute atomic E-state index is 0.278. The summed E-state index contributed by atoms with van der Waals surface area (Å²) in [6.45, 7) is 4.08. The van der Waals surface area contributed by atoms with Crippen molar-refractivity contribution in [3.8, 4) is 0 Å². The van der Waals surface area contributed by atoms with Crippen molar-refractivity contribution in [1.29, 1.82) is 0 Å². The highest BCUT2D eigenvalue weighted by atomic mass is 16.3. The maximum Gasteiger partial charge on any atom is 0.0650 e. The number of fused-ring (bicyclic) bond motifs is 3. The number of aliphatic hydroxyl groups excluding tert-OH is 2. The van der Waals surface area contributed by atoms with E-state index in [-0.39, 0.29) is 17.6 Å². The molecule has 90 valence electrons. The van der Waals surface area contributed by atoms with Gasteiger partial charge in [-0.2, -0.15) is 0 Å². The normalized spacial score (nSPS) is 59.2. The van der Waals surface area contributed by atoms with Gasteiger partial charge < -0.3 is 10.2 Å². The van der Waals surface area contributed by atoms with Crippen LogP contribution in [0, 0.1) is 34.5 Å². The molecule has 0 heterocycles. The van der Waals surface area contributed by atoms with E-state index in [1.807, 2.05) is 13.8 Å². The van der Waals surface area contributed by atoms with Crippen molar-refractivity contribution in [1.82, 2.24) is 0 Å². The van der Waals surface area contributed by atoms with Gasteiger partial charge in [-0.1, -0.05) is 13.8 Å². The molecule has 16 heavy (non-hydrogen) atoms. The van der Waals surface area contributed by atoms with Crippen LogP contribution in [0.5, 0.6) is 0 Å². The predicted octanol–water partition coefficient (Wildman–Crippen LogP) is 1.80. The lowest BCUT2D eigenvalue weighted by Gasteiger charge is -2.32. The van der Waals surface area contributed by atoms with Gasteiger partial charge in [-0.05, 0) is 54.8 Å². The summed E-state index contributed by atoms with van der Waals surface area (Å²) < 4.78 is 0. The van der Waals surface area contributed by atoms with Gasteiger partial charge in [-0.15, -0.1) is 0 Å². The van der Waals surface area contributed by atoms with E-state index in [9.17, 15) is 10.2 Å². The van der Waals surface area contributed by atoms with Crippen LogP contribution in [0.2, 0.25) is 0 Å². The molecule has 4 aliphatic carbocycles. The maximum atomic E-state index is 10.5. The summed E-state index contributed by atoms with van der Waals surface area (Å²) in [6, 6.07) is 0. The predicted molar refractivity (Wildman–Crippen MR) is 60.7 cm³/mol. The Morgan fingerprint density at radius 2 is 1.31 bits per heavy atom. The first-order chi connectivity index (χ1) is 7.50. The van der Waals surface area contributed by atoms with E-state index in [1.54, 1.807) is 0 Å². The summed E-state index contributed by atoms with van der Waals surface area (Å²) in [4.78, 5) is 0. The molecule has 6 unspecified atom stereocenters. The highest BCUT2D eigenvalue weighted by Crippen LogP contribution is 2.78. The summed E-state index contributed by atoms with van der Waals surface area (Å²) in [5, 5.41) is 21.0. The Balaban J connectivity index is 1.79. The highest BCUT2D eigenvalue weighted by Gasteiger charge is 2.75. The van der Waals surface area contributed by atoms with Crippen molar-refractivity contribution in [2.75, 3.05) is 0 Å². The van der Waals surface area contributed by atoms with Gasteiger partial charge in [0.1, 0.15) is 0 Å². The van der Waals surface area contributed by atoms with Gasteiger partial charge in [0, 0.05) is 5.41 Å². The molecule has 0 aromatic heterocycles. The van der Waals surface area contributed by atoms with Crippen molar-refractivity contribution in [2.24, 2.45) is 34.5 Å². The number of rotatable bonds is 0. The third kappa shape index (κ3) is 0.799. The average molecular weight is 222 g/mol. The molecule has 0 aromatic carbocycles. The lowest BCUT2D eigenvalue weighted by atomic mass is 9.78. The van der Waals surface area contributed by atoms with Crippen LogP contribution in [0.1, 0.15) is 39.5 Å². The smallest absolute Gasteiger partial charge is 0.0650 e. The molecule has 4 rings (SSSR count). The summed E-state index contributed by atoms with van der Waals surface area (Å²) in [6.07, 6.45) is 4.81. The molecule has 1 spiro atoms. The first-order valence-electron chi connectivity index (χ1n) is 6.86. The number of hydrogen-bond acceptors (Lipinski definition) is 2. The second-order valence-corrected chi connectivity index (χ2v) is 7.39. The Kier molecular flexibility index (Phi) is 1.55. The summed E-state index contributed by atoms with van der Waals surface area (Å²) in [7, 11) is 0. The fraction of sp³-hybridized carbons (Fsp3) is 1.00. The van der Waals surface area contributed by atoms with Gasteiger partial charge in [0.25, 0.3) is 0 Å². The second kappa shape index (κ2) is 2.51. The number of aliphatic hydroxyl groups is 2. The monoisotopic (exact) mass is 222 g/mol. The quantitative estimate of drug-likeness (QED) is 0.656. The lowest BCUT2D eigenvalue weighted by Crippen LogP contribution is -2.37. The highest BCUT2D eigenvalue weighted by molar-refractivity contribution is 5.23. The van der Waals surface area contributed by atoms with Gasteiger partial charge in [0.2, 0.25) is 0 Å². The Morgan fingerprint density at radius 3 is 1.69 bits per heavy atom. The Bertz CT molecular complexity index is 317. The first kappa shape index (κ1) is 9.90. The van der Waals surface area contributed by atoms with Gasteiger partial charge in [0.15, 0.2) is 0 Å². The standard InChI is InChI=1S/C14H22O2/c1-13(2)11(15)9-7-3-4-8(10(9)12(13)16)14(7)5-6-14/h7-12,15-16H,3-6H2,1-2H3. The van der Waals surface area contributed by atoms with Crippen molar-refractivity contribution in [3.05, 3.63) is 0 Å². The molecule has 2 bridgehead atoms. The van der Waals surface area contributed by atoms with Crippen molar-refractivity contribution in [2.45, 2.75) is 51.7 Å². The van der Waals surface area contributed by atoms with Crippen LogP contribution >= 0.6 is 0 Å². The third-order valence-corrected chi connectivity index (χ3v) is 6.72. The van der Waals surface area contributed by atoms with Gasteiger partial charge in [-0.3, -0.25) is 0 Å². The van der Waals surface area contributed by atoms with Crippen LogP contribution in [-0.2, 0) is 0 Å². The van der Waals surface area contributed by atoms with Crippen molar-refractivity contribution in [3.63, 3.8) is 0 Å². The summed E-state index contributed by atoms with van der Waals surface area (Å²) >= 11 is 0. The zero-order valence-corrected chi connectivity index (χ0v) is 10.2. The topological polar surface area (TPSA) is 40.5 Å². The zero-order valence-electron chi connectivity index (χ0n) is 10.2. The molecule has 2 N–H and O–H groups in total. The molecule has 4 saturated carbocycles. The Morgan fingerprint density at radius 1 is 0.875 bits per heavy atom. The second-order valence-electron chi connectivity index (χ2n) is 7.39. The Labute approximate surface area is 97.0 Å². The maximum absolute atomic E-state index is 10.5. The molecule has 0 amide bonds. The van der Waals surface area contributed by atoms with Gasteiger partial charge in [0.05, 0.1) is 12.2 Å². The van der Waals surface area contributed by atoms with Crippen LogP contribution in [-0.4, -0.2) is 22.4 Å². The molecule has 2 heteroatoms. The third-order valence-electron chi connectivity index (χ3n) is 6.72. The molecule has 6 atom stereocenters. The fourth-order valence-electron chi connectivity index (χ4n) is 5.81. The molecule has 4 fully saturated rings. The summed E-state index contributed by atoms with van der Waals surface area (Å²) in [5.41, 5.74) is 0.292. The molecule has 0 aliphatic heterocycles. The fourth-order valence-corrected chi connectivity index (χ4v) is 5.81. The molecule has 4 aliphatic rings. The Hall–Kier alpha value is -0.0800. The minimum atomic E-state index is -0.285. The van der Waals surface area contributed by atoms with E-state index in [0.29, 0.717) is 17.3 Å². The van der Waals surface area contributed by atoms with Crippen LogP contribution in [0.15, 0.2) is 0 Å². The van der Waals surface area contributed by atoms with Crippen LogP contribution in [0.4, 0.5) is 0 Å². The number of hydrogen-bond donors (Lipinski definition) is 2. The molecule has 0 saturated heterocycles. The van der Waals surface area contributed by atoms with Crippen molar-refractivity contribution < 1.29 is 10.2 Å². The van der Waals surface area contributed by atoms with Gasteiger partial charge >= 0.3 is 0 Å². The van der Waals surface area contributed by atoms with E-state index in [1.165, 1.54) is 25.7 Å². The first-order valence-corrected chi connectivity index (χ1v) is 6.86. The van der Waals surface area contributed by atoms with Gasteiger partial charge in [-0.25, -0.2) is 0 Å². The zero-order chi connectivity index (χ0) is 11.3. The molecule has 0 aromatic rings. The van der Waals surface area contributed by atoms with Crippen molar-refractivity contribution >= 4 is 0 Å². The lowest BCUT2D eigenvalue weighted by molar-refractivity contribution is -0.0272. The summed E-state index contributed by atoms with van der Waals surface area (Å²) in [5.74, 6) is 2.28. The van der Waals surface area contributed by atoms with Crippen LogP contribution in [0.3, 0.4) is 0 Å². The van der Waals surface area contributed by atoms with E-state index < -0.39 is 0 Å². The van der Waals surface area contributed by atoms with E-state index in [4.69, 9.17) is 0 Å². The average Bonchev–Trinajstić information content (AvgIpc) is 2.87. The van der Waals surface area contributed by atoms with E-state index >= 15 is 0 Å². The van der Waals surface area contributed by atoms with Crippen LogP contribution in [0.25, 0.3) is 0 Å². The minimum Gasteiger partial charge on any atom is -0.392 e. The molecule has 2 nitrogen and oxygen atoms in total. The van der Waals surface area contributed by atoms with Crippen LogP contribution < -0.4 is 0 Å². The molecule has 0 radical (unpaired) electrons. The molecular weight excluding hydrogens is 200 g/mol.